The summed E-state index contributed by atoms with van der Waals surface area (Å²) in [5, 5.41) is 36.4. The van der Waals surface area contributed by atoms with Gasteiger partial charge in [0.05, 0.1) is 13.0 Å². The van der Waals surface area contributed by atoms with E-state index in [1.807, 2.05) is 0 Å². The molecule has 0 unspecified atom stereocenters. The largest absolute Gasteiger partial charge is 0.508 e. The van der Waals surface area contributed by atoms with Crippen LogP contribution in [-0.4, -0.2) is 112 Å². The molecule has 0 heterocycles. The Balaban J connectivity index is 2.35. The summed E-state index contributed by atoms with van der Waals surface area (Å²) in [6, 6.07) is 4.93. The lowest BCUT2D eigenvalue weighted by atomic mass is 9.95. The number of aromatic hydroxyl groups is 1. The Morgan fingerprint density at radius 2 is 1.05 bits per heavy atom. The Bertz CT molecular complexity index is 1860. The second-order valence-corrected chi connectivity index (χ2v) is 15.1. The van der Waals surface area contributed by atoms with Gasteiger partial charge in [0, 0.05) is 12.8 Å². The molecule has 0 aromatic heterocycles. The number of hydrogen-bond donors (Lipinski definition) is 11. The zero-order chi connectivity index (χ0) is 46.0. The maximum absolute atomic E-state index is 14.0. The smallest absolute Gasteiger partial charge is 0.325 e. The number of primary amides is 1. The third-order valence-corrected chi connectivity index (χ3v) is 9.69. The fourth-order valence-corrected chi connectivity index (χ4v) is 5.84. The highest BCUT2D eigenvalue weighted by Crippen LogP contribution is 2.14. The van der Waals surface area contributed by atoms with Gasteiger partial charge in [-0.2, -0.15) is 0 Å². The van der Waals surface area contributed by atoms with E-state index in [1.54, 1.807) is 58.0 Å². The van der Waals surface area contributed by atoms with Crippen molar-refractivity contribution in [1.29, 1.82) is 0 Å². The molecule has 2 aromatic carbocycles. The Labute approximate surface area is 354 Å². The Kier molecular flexibility index (Phi) is 20.3. The van der Waals surface area contributed by atoms with Crippen LogP contribution in [0.1, 0.15) is 65.5 Å². The molecule has 2 aromatic rings. The highest BCUT2D eigenvalue weighted by molar-refractivity contribution is 5.98. The van der Waals surface area contributed by atoms with Crippen LogP contribution in [0.2, 0.25) is 0 Å². The molecular weight excluding hydrogens is 795 g/mol. The molecule has 2 rings (SSSR count). The number of hydrogen-bond acceptors (Lipinski definition) is 11. The quantitative estimate of drug-likeness (QED) is 0.0559. The first kappa shape index (κ1) is 50.6. The molecule has 334 valence electrons. The van der Waals surface area contributed by atoms with Crippen LogP contribution in [0.4, 0.5) is 0 Å². The first-order valence-electron chi connectivity index (χ1n) is 19.8. The van der Waals surface area contributed by atoms with Gasteiger partial charge in [-0.25, -0.2) is 0 Å². The molecule has 20 heteroatoms. The summed E-state index contributed by atoms with van der Waals surface area (Å²) < 4.78 is 0. The van der Waals surface area contributed by atoms with Crippen molar-refractivity contribution in [2.75, 3.05) is 6.54 Å². The van der Waals surface area contributed by atoms with Crippen molar-refractivity contribution in [3.05, 3.63) is 65.7 Å². The number of carbonyl (C=O) groups excluding carboxylic acids is 8. The Morgan fingerprint density at radius 3 is 1.56 bits per heavy atom. The van der Waals surface area contributed by atoms with Gasteiger partial charge in [-0.1, -0.05) is 76.6 Å². The normalized spacial score (nSPS) is 14.9. The molecule has 20 nitrogen and oxygen atoms in total. The molecule has 0 aliphatic carbocycles. The molecular formula is C41H59N9O11. The van der Waals surface area contributed by atoms with Crippen LogP contribution in [0.5, 0.6) is 5.75 Å². The van der Waals surface area contributed by atoms with Crippen LogP contribution in [0.15, 0.2) is 54.6 Å². The average Bonchev–Trinajstić information content (AvgIpc) is 3.21. The van der Waals surface area contributed by atoms with Crippen molar-refractivity contribution in [2.24, 2.45) is 23.3 Å². The van der Waals surface area contributed by atoms with E-state index in [0.29, 0.717) is 17.5 Å². The van der Waals surface area contributed by atoms with Gasteiger partial charge < -0.3 is 58.9 Å². The number of aliphatic carboxylic acids is 1. The maximum atomic E-state index is 14.0. The molecule has 0 fully saturated rings. The standard InChI is InChI=1S/C41H59N9O11/c1-7-22(4)34(50-39(58)33(21(2)3)49-32(53)20-42)40(59)48-29(17-25-11-9-8-10-12-25)38(57)47-30(19-31(43)52)37(56)44-23(5)35(54)46-28(36(55)45-24(6)41(60)61)18-26-13-15-27(51)16-14-26/h8-16,21-24,28-30,33-34,51H,7,17-20,42H2,1-6H3,(H2,43,52)(H,44,56)(H,45,55)(H,46,54)(H,47,57)(H,48,59)(H,49,53)(H,50,58)(H,60,61)/t22-,23-,24-,28-,29-,30-,33-,34-/m0/s1. The monoisotopic (exact) mass is 853 g/mol. The van der Waals surface area contributed by atoms with Crippen molar-refractivity contribution in [1.82, 2.24) is 37.2 Å². The predicted molar refractivity (Wildman–Crippen MR) is 222 cm³/mol. The van der Waals surface area contributed by atoms with Gasteiger partial charge in [0.1, 0.15) is 48.0 Å². The number of phenols is 1. The fraction of sp³-hybridized carbons (Fsp3) is 0.488. The lowest BCUT2D eigenvalue weighted by molar-refractivity contribution is -0.141. The molecule has 0 saturated carbocycles. The van der Waals surface area contributed by atoms with Crippen molar-refractivity contribution >= 4 is 53.2 Å². The molecule has 61 heavy (non-hydrogen) atoms. The van der Waals surface area contributed by atoms with E-state index < -0.39 is 108 Å². The summed E-state index contributed by atoms with van der Waals surface area (Å²) in [6.07, 6.45) is -0.542. The molecule has 0 bridgehead atoms. The van der Waals surface area contributed by atoms with E-state index in [-0.39, 0.29) is 31.1 Å². The van der Waals surface area contributed by atoms with Crippen LogP contribution in [0.25, 0.3) is 0 Å². The van der Waals surface area contributed by atoms with Crippen LogP contribution >= 0.6 is 0 Å². The van der Waals surface area contributed by atoms with E-state index in [1.165, 1.54) is 38.1 Å². The van der Waals surface area contributed by atoms with Gasteiger partial charge in [-0.3, -0.25) is 43.2 Å². The fourth-order valence-electron chi connectivity index (χ4n) is 5.84. The summed E-state index contributed by atoms with van der Waals surface area (Å²) in [5.74, 6) is -8.90. The third kappa shape index (κ3) is 16.9. The Hall–Kier alpha value is -6.57. The van der Waals surface area contributed by atoms with Gasteiger partial charge in [0.15, 0.2) is 0 Å². The average molecular weight is 854 g/mol. The zero-order valence-electron chi connectivity index (χ0n) is 35.2. The second-order valence-electron chi connectivity index (χ2n) is 15.1. The molecule has 0 aliphatic heterocycles. The summed E-state index contributed by atoms with van der Waals surface area (Å²) in [6.45, 7) is 9.03. The van der Waals surface area contributed by atoms with E-state index in [4.69, 9.17) is 11.5 Å². The minimum atomic E-state index is -1.66. The van der Waals surface area contributed by atoms with Gasteiger partial charge >= 0.3 is 5.97 Å². The molecule has 0 saturated heterocycles. The summed E-state index contributed by atoms with van der Waals surface area (Å²) in [5.41, 5.74) is 12.0. The molecule has 0 aliphatic rings. The highest BCUT2D eigenvalue weighted by atomic mass is 16.4. The van der Waals surface area contributed by atoms with Gasteiger partial charge in [0.25, 0.3) is 0 Å². The summed E-state index contributed by atoms with van der Waals surface area (Å²) in [7, 11) is 0. The number of nitrogens with one attached hydrogen (secondary N) is 7. The number of phenolic OH excluding ortho intramolecular Hbond substituents is 1. The number of carbonyl (C=O) groups is 9. The number of rotatable bonds is 24. The molecule has 0 radical (unpaired) electrons. The number of benzene rings is 2. The lowest BCUT2D eigenvalue weighted by Crippen LogP contribution is -2.61. The van der Waals surface area contributed by atoms with E-state index in [9.17, 15) is 53.4 Å². The third-order valence-electron chi connectivity index (χ3n) is 9.69. The number of carboxylic acids is 1. The van der Waals surface area contributed by atoms with Crippen molar-refractivity contribution < 1.29 is 53.4 Å². The van der Waals surface area contributed by atoms with Gasteiger partial charge in [0.2, 0.25) is 47.3 Å². The number of carboxylic acid groups (broad SMARTS) is 1. The van der Waals surface area contributed by atoms with Crippen LogP contribution < -0.4 is 48.7 Å². The Morgan fingerprint density at radius 1 is 0.574 bits per heavy atom. The zero-order valence-corrected chi connectivity index (χ0v) is 35.2. The van der Waals surface area contributed by atoms with Crippen LogP contribution in [0, 0.1) is 11.8 Å². The first-order valence-corrected chi connectivity index (χ1v) is 19.8. The van der Waals surface area contributed by atoms with Crippen molar-refractivity contribution in [3.8, 4) is 5.75 Å². The summed E-state index contributed by atoms with van der Waals surface area (Å²) in [4.78, 5) is 117. The maximum Gasteiger partial charge on any atom is 0.325 e. The SMILES string of the molecule is CC[C@H](C)[C@H](NC(=O)[C@@H](NC(=O)CN)C(C)C)C(=O)N[C@@H](Cc1ccccc1)C(=O)N[C@@H](CC(N)=O)C(=O)N[C@@H](C)C(=O)N[C@@H](Cc1ccc(O)cc1)C(=O)N[C@@H](C)C(=O)O. The first-order chi connectivity index (χ1) is 28.7. The minimum absolute atomic E-state index is 0.0540. The van der Waals surface area contributed by atoms with E-state index in [2.05, 4.69) is 37.2 Å². The second kappa shape index (κ2) is 24.5. The number of amides is 8. The lowest BCUT2D eigenvalue weighted by Gasteiger charge is -2.30. The van der Waals surface area contributed by atoms with Crippen molar-refractivity contribution in [3.63, 3.8) is 0 Å². The topological polar surface area (TPSA) is 330 Å². The minimum Gasteiger partial charge on any atom is -0.508 e. The van der Waals surface area contributed by atoms with E-state index >= 15 is 0 Å². The molecule has 13 N–H and O–H groups in total. The molecule has 8 amide bonds. The van der Waals surface area contributed by atoms with Crippen LogP contribution in [0.3, 0.4) is 0 Å². The van der Waals surface area contributed by atoms with Crippen LogP contribution in [-0.2, 0) is 56.0 Å². The highest BCUT2D eigenvalue weighted by Gasteiger charge is 2.35. The van der Waals surface area contributed by atoms with E-state index in [0.717, 1.165) is 0 Å². The van der Waals surface area contributed by atoms with Crippen molar-refractivity contribution in [2.45, 2.75) is 110 Å². The summed E-state index contributed by atoms with van der Waals surface area (Å²) >= 11 is 0. The molecule has 0 spiro atoms. The molecule has 8 atom stereocenters. The predicted octanol–water partition coefficient (Wildman–Crippen LogP) is -1.77. The number of nitrogens with two attached hydrogens (primary N) is 2. The van der Waals surface area contributed by atoms with Gasteiger partial charge in [-0.05, 0) is 48.9 Å². The van der Waals surface area contributed by atoms with Gasteiger partial charge in [-0.15, -0.1) is 0 Å².